The van der Waals surface area contributed by atoms with E-state index in [1.54, 1.807) is 0 Å². The molecule has 1 rings (SSSR count). The normalized spacial score (nSPS) is 11.7. The maximum absolute atomic E-state index is 5.72. The van der Waals surface area contributed by atoms with E-state index in [2.05, 4.69) is 45.2 Å². The van der Waals surface area contributed by atoms with Crippen LogP contribution in [0.4, 0.5) is 0 Å². The van der Waals surface area contributed by atoms with Crippen molar-refractivity contribution in [2.45, 2.75) is 25.4 Å². The van der Waals surface area contributed by atoms with Gasteiger partial charge in [0.05, 0.1) is 0 Å². The first-order valence-electron chi connectivity index (χ1n) is 5.53. The van der Waals surface area contributed by atoms with E-state index in [-0.39, 0.29) is 0 Å². The van der Waals surface area contributed by atoms with Crippen LogP contribution < -0.4 is 0 Å². The van der Waals surface area contributed by atoms with Crippen LogP contribution in [0, 0.1) is 0 Å². The van der Waals surface area contributed by atoms with Crippen molar-refractivity contribution in [2.24, 2.45) is 0 Å². The predicted octanol–water partition coefficient (Wildman–Crippen LogP) is 2.67. The molecule has 0 aliphatic rings. The van der Waals surface area contributed by atoms with Crippen molar-refractivity contribution >= 4 is 10.5 Å². The quantitative estimate of drug-likeness (QED) is 0.560. The molecule has 16 heavy (non-hydrogen) atoms. The van der Waals surface area contributed by atoms with Gasteiger partial charge in [0.1, 0.15) is 16.1 Å². The maximum Gasteiger partial charge on any atom is 0.148 e. The molecule has 1 nitrogen and oxygen atoms in total. The van der Waals surface area contributed by atoms with E-state index < -0.39 is 5.60 Å². The molecule has 0 fully saturated rings. The second-order valence-corrected chi connectivity index (χ2v) is 4.56. The Morgan fingerprint density at radius 1 is 1.25 bits per heavy atom. The minimum atomic E-state index is -0.521. The van der Waals surface area contributed by atoms with Crippen molar-refractivity contribution in [3.63, 3.8) is 0 Å². The van der Waals surface area contributed by atoms with Crippen molar-refractivity contribution in [2.75, 3.05) is 0 Å². The fourth-order valence-corrected chi connectivity index (χ4v) is 2.49. The first kappa shape index (κ1) is 12.9. The Balaban J connectivity index is 3.40. The van der Waals surface area contributed by atoms with Crippen LogP contribution in [-0.4, -0.2) is 10.5 Å². The van der Waals surface area contributed by atoms with Gasteiger partial charge in [-0.2, -0.15) is 0 Å². The number of benzene rings is 1. The van der Waals surface area contributed by atoms with Gasteiger partial charge in [-0.25, -0.2) is 0 Å². The molecule has 0 spiro atoms. The van der Waals surface area contributed by atoms with Crippen LogP contribution in [0.15, 0.2) is 49.6 Å². The van der Waals surface area contributed by atoms with Crippen LogP contribution in [0.25, 0.3) is 0 Å². The van der Waals surface area contributed by atoms with Crippen molar-refractivity contribution in [1.82, 2.24) is 0 Å². The molecule has 86 valence electrons. The molecule has 1 aromatic carbocycles. The largest absolute Gasteiger partial charge is 0.412 e. The summed E-state index contributed by atoms with van der Waals surface area (Å²) in [4.78, 5) is 0. The zero-order valence-electron chi connectivity index (χ0n) is 10.4. The zero-order valence-corrected chi connectivity index (χ0v) is 12.4. The molecule has 0 saturated carbocycles. The standard InChI is InChI=1S/C14H20OSi/c1-5-14(6-2,15-16)13-10-8-7-9-12(13)11(3)4/h5-11H,1-2H2,3-4,16H3. The van der Waals surface area contributed by atoms with Crippen LogP contribution in [0.1, 0.15) is 30.9 Å². The van der Waals surface area contributed by atoms with Gasteiger partial charge in [-0.1, -0.05) is 63.4 Å². The number of hydrogen-bond acceptors (Lipinski definition) is 1. The van der Waals surface area contributed by atoms with E-state index >= 15 is 0 Å². The highest BCUT2D eigenvalue weighted by atomic mass is 28.2. The van der Waals surface area contributed by atoms with Crippen LogP contribution in [0.2, 0.25) is 0 Å². The second-order valence-electron chi connectivity index (χ2n) is 4.15. The van der Waals surface area contributed by atoms with Crippen LogP contribution >= 0.6 is 0 Å². The molecule has 0 N–H and O–H groups in total. The predicted molar refractivity (Wildman–Crippen MR) is 73.6 cm³/mol. The molecule has 0 aromatic heterocycles. The summed E-state index contributed by atoms with van der Waals surface area (Å²) in [5.74, 6) is 0.465. The van der Waals surface area contributed by atoms with Crippen LogP contribution in [0.3, 0.4) is 0 Å². The second kappa shape index (κ2) is 5.28. The lowest BCUT2D eigenvalue weighted by Gasteiger charge is -2.30. The Bertz CT molecular complexity index is 374. The highest BCUT2D eigenvalue weighted by molar-refractivity contribution is 5.98. The molecule has 0 aliphatic carbocycles. The molecule has 1 aromatic rings. The SMILES string of the molecule is C=CC(C=C)(O[SiH3])c1ccccc1C(C)C. The fraction of sp³-hybridized carbons (Fsp3) is 0.286. The molecule has 0 unspecified atom stereocenters. The molecule has 2 heteroatoms. The fourth-order valence-electron chi connectivity index (χ4n) is 1.94. The molecular formula is C14H20OSi. The van der Waals surface area contributed by atoms with Crippen molar-refractivity contribution < 1.29 is 4.43 Å². The topological polar surface area (TPSA) is 9.23 Å². The highest BCUT2D eigenvalue weighted by Crippen LogP contribution is 2.33. The minimum absolute atomic E-state index is 0.465. The van der Waals surface area contributed by atoms with Gasteiger partial charge in [-0.15, -0.1) is 0 Å². The van der Waals surface area contributed by atoms with Gasteiger partial charge >= 0.3 is 0 Å². The summed E-state index contributed by atoms with van der Waals surface area (Å²) in [5, 5.41) is 0. The molecule has 0 bridgehead atoms. The molecule has 0 atom stereocenters. The molecular weight excluding hydrogens is 212 g/mol. The summed E-state index contributed by atoms with van der Waals surface area (Å²) in [6, 6.07) is 8.32. The van der Waals surface area contributed by atoms with Crippen molar-refractivity contribution in [1.29, 1.82) is 0 Å². The average molecular weight is 232 g/mol. The van der Waals surface area contributed by atoms with Gasteiger partial charge < -0.3 is 4.43 Å². The lowest BCUT2D eigenvalue weighted by atomic mass is 9.86. The third kappa shape index (κ3) is 2.18. The molecule has 0 amide bonds. The van der Waals surface area contributed by atoms with Crippen molar-refractivity contribution in [3.05, 3.63) is 60.7 Å². The van der Waals surface area contributed by atoms with Crippen LogP contribution in [0.5, 0.6) is 0 Å². The average Bonchev–Trinajstić information content (AvgIpc) is 2.32. The van der Waals surface area contributed by atoms with E-state index in [0.717, 1.165) is 5.56 Å². The number of rotatable bonds is 5. The van der Waals surface area contributed by atoms with Gasteiger partial charge in [-0.05, 0) is 17.0 Å². The third-order valence-corrected chi connectivity index (χ3v) is 3.62. The van der Waals surface area contributed by atoms with E-state index in [4.69, 9.17) is 4.43 Å². The monoisotopic (exact) mass is 232 g/mol. The van der Waals surface area contributed by atoms with Gasteiger partial charge in [-0.3, -0.25) is 0 Å². The zero-order chi connectivity index (χ0) is 12.2. The van der Waals surface area contributed by atoms with Gasteiger partial charge in [0, 0.05) is 0 Å². The summed E-state index contributed by atoms with van der Waals surface area (Å²) in [6.07, 6.45) is 3.66. The smallest absolute Gasteiger partial charge is 0.148 e. The van der Waals surface area contributed by atoms with E-state index in [0.29, 0.717) is 16.4 Å². The summed E-state index contributed by atoms with van der Waals surface area (Å²) in [5.41, 5.74) is 1.93. The van der Waals surface area contributed by atoms with Crippen LogP contribution in [-0.2, 0) is 10.0 Å². The van der Waals surface area contributed by atoms with Crippen molar-refractivity contribution in [3.8, 4) is 0 Å². The Kier molecular flexibility index (Phi) is 4.27. The van der Waals surface area contributed by atoms with Gasteiger partial charge in [0.2, 0.25) is 0 Å². The Hall–Kier alpha value is -1.12. The highest BCUT2D eigenvalue weighted by Gasteiger charge is 2.26. The Morgan fingerprint density at radius 3 is 2.25 bits per heavy atom. The van der Waals surface area contributed by atoms with E-state index in [1.165, 1.54) is 5.56 Å². The van der Waals surface area contributed by atoms with Gasteiger partial charge in [0.15, 0.2) is 0 Å². The van der Waals surface area contributed by atoms with E-state index in [1.807, 2.05) is 18.2 Å². The lowest BCUT2D eigenvalue weighted by molar-refractivity contribution is 0.192. The van der Waals surface area contributed by atoms with Gasteiger partial charge in [0.25, 0.3) is 0 Å². The molecule has 0 heterocycles. The molecule has 0 aliphatic heterocycles. The first-order chi connectivity index (χ1) is 7.61. The summed E-state index contributed by atoms with van der Waals surface area (Å²) >= 11 is 0. The summed E-state index contributed by atoms with van der Waals surface area (Å²) in [6.45, 7) is 12.1. The van der Waals surface area contributed by atoms with E-state index in [9.17, 15) is 0 Å². The molecule has 0 saturated heterocycles. The minimum Gasteiger partial charge on any atom is -0.412 e. The first-order valence-corrected chi connectivity index (χ1v) is 6.34. The number of hydrogen-bond donors (Lipinski definition) is 0. The Labute approximate surface area is 101 Å². The lowest BCUT2D eigenvalue weighted by Crippen LogP contribution is -2.25. The third-order valence-electron chi connectivity index (χ3n) is 2.95. The summed E-state index contributed by atoms with van der Waals surface area (Å²) in [7, 11) is 0.651. The summed E-state index contributed by atoms with van der Waals surface area (Å²) < 4.78 is 5.72. The maximum atomic E-state index is 5.72. The Morgan fingerprint density at radius 2 is 1.81 bits per heavy atom. The molecule has 0 radical (unpaired) electrons.